The lowest BCUT2D eigenvalue weighted by Gasteiger charge is -2.44. The average Bonchev–Trinajstić information content (AvgIpc) is 2.28. The topological polar surface area (TPSA) is 46.5 Å². The molecule has 0 bridgehead atoms. The lowest BCUT2D eigenvalue weighted by Crippen LogP contribution is -2.39. The second-order valence-electron chi connectivity index (χ2n) is 6.13. The Bertz CT molecular complexity index is 410. The van der Waals surface area contributed by atoms with Crippen LogP contribution in [0.1, 0.15) is 46.5 Å². The van der Waals surface area contributed by atoms with E-state index in [1.54, 1.807) is 0 Å². The maximum Gasteiger partial charge on any atom is 0.303 e. The number of aliphatic hydroxyl groups excluding tert-OH is 1. The summed E-state index contributed by atoms with van der Waals surface area (Å²) in [5, 5.41) is 10.0. The van der Waals surface area contributed by atoms with Crippen molar-refractivity contribution in [2.45, 2.75) is 58.7 Å². The van der Waals surface area contributed by atoms with E-state index in [0.717, 1.165) is 25.7 Å². The quantitative estimate of drug-likeness (QED) is 0.585. The van der Waals surface area contributed by atoms with Crippen molar-refractivity contribution in [3.05, 3.63) is 23.8 Å². The van der Waals surface area contributed by atoms with Gasteiger partial charge in [-0.3, -0.25) is 4.79 Å². The summed E-state index contributed by atoms with van der Waals surface area (Å²) in [6, 6.07) is 0. The molecule has 3 heteroatoms. The first-order valence-corrected chi connectivity index (χ1v) is 7.15. The van der Waals surface area contributed by atoms with Gasteiger partial charge in [-0.1, -0.05) is 31.6 Å². The van der Waals surface area contributed by atoms with Crippen LogP contribution in [0.4, 0.5) is 0 Å². The van der Waals surface area contributed by atoms with E-state index in [1.807, 2.05) is 12.2 Å². The number of hydrogen-bond donors (Lipinski definition) is 1. The maximum absolute atomic E-state index is 11.1. The highest BCUT2D eigenvalue weighted by molar-refractivity contribution is 5.66. The third-order valence-corrected chi connectivity index (χ3v) is 4.68. The Balaban J connectivity index is 2.28. The number of carbonyl (C=O) groups is 1. The lowest BCUT2D eigenvalue weighted by molar-refractivity contribution is -0.145. The maximum atomic E-state index is 11.1. The van der Waals surface area contributed by atoms with Crippen LogP contribution in [0.15, 0.2) is 23.8 Å². The minimum absolute atomic E-state index is 0.0147. The van der Waals surface area contributed by atoms with Crippen LogP contribution in [-0.4, -0.2) is 23.3 Å². The smallest absolute Gasteiger partial charge is 0.303 e. The second kappa shape index (κ2) is 5.49. The van der Waals surface area contributed by atoms with Gasteiger partial charge in [0.2, 0.25) is 0 Å². The summed E-state index contributed by atoms with van der Waals surface area (Å²) in [6.07, 6.45) is 9.13. The minimum atomic E-state index is -0.374. The Morgan fingerprint density at radius 1 is 1.53 bits per heavy atom. The molecule has 1 N–H and O–H groups in total. The van der Waals surface area contributed by atoms with Gasteiger partial charge in [0.05, 0.1) is 6.10 Å². The first kappa shape index (κ1) is 14.3. The van der Waals surface area contributed by atoms with Crippen LogP contribution in [0.2, 0.25) is 0 Å². The Labute approximate surface area is 115 Å². The largest absolute Gasteiger partial charge is 0.458 e. The zero-order valence-corrected chi connectivity index (χ0v) is 12.1. The molecule has 2 aliphatic carbocycles. The highest BCUT2D eigenvalue weighted by Crippen LogP contribution is 2.48. The van der Waals surface area contributed by atoms with Crippen molar-refractivity contribution in [1.29, 1.82) is 0 Å². The molecule has 0 amide bonds. The summed E-state index contributed by atoms with van der Waals surface area (Å²) in [5.41, 5.74) is 1.35. The van der Waals surface area contributed by atoms with E-state index in [-0.39, 0.29) is 23.6 Å². The molecule has 4 unspecified atom stereocenters. The Kier molecular flexibility index (Phi) is 4.14. The van der Waals surface area contributed by atoms with Gasteiger partial charge in [0.25, 0.3) is 0 Å². The molecule has 0 radical (unpaired) electrons. The highest BCUT2D eigenvalue weighted by Gasteiger charge is 2.41. The predicted molar refractivity (Wildman–Crippen MR) is 74.5 cm³/mol. The number of aliphatic hydroxyl groups is 1. The molecule has 0 heterocycles. The molecule has 0 saturated heterocycles. The summed E-state index contributed by atoms with van der Waals surface area (Å²) in [7, 11) is 0. The summed E-state index contributed by atoms with van der Waals surface area (Å²) in [5.74, 6) is 0.182. The van der Waals surface area contributed by atoms with Gasteiger partial charge in [0, 0.05) is 6.92 Å². The van der Waals surface area contributed by atoms with Crippen LogP contribution < -0.4 is 0 Å². The third kappa shape index (κ3) is 3.08. The molecule has 0 aliphatic heterocycles. The summed E-state index contributed by atoms with van der Waals surface area (Å²) < 4.78 is 5.36. The molecule has 0 aromatic carbocycles. The molecule has 4 atom stereocenters. The van der Waals surface area contributed by atoms with Crippen molar-refractivity contribution in [1.82, 2.24) is 0 Å². The SMILES string of the molecule is CC(=O)OC1C=C2CCC=CC(O)CC2(C)C(C)C1. The number of allylic oxidation sites excluding steroid dienone is 2. The average molecular weight is 264 g/mol. The van der Waals surface area contributed by atoms with E-state index < -0.39 is 0 Å². The molecular weight excluding hydrogens is 240 g/mol. The fourth-order valence-electron chi connectivity index (χ4n) is 3.40. The molecule has 19 heavy (non-hydrogen) atoms. The lowest BCUT2D eigenvalue weighted by atomic mass is 9.62. The number of rotatable bonds is 1. The van der Waals surface area contributed by atoms with Crippen molar-refractivity contribution in [2.75, 3.05) is 0 Å². The van der Waals surface area contributed by atoms with Gasteiger partial charge < -0.3 is 9.84 Å². The van der Waals surface area contributed by atoms with Gasteiger partial charge >= 0.3 is 5.97 Å². The van der Waals surface area contributed by atoms with Crippen molar-refractivity contribution >= 4 is 5.97 Å². The summed E-state index contributed by atoms with van der Waals surface area (Å²) in [4.78, 5) is 11.1. The molecule has 0 spiro atoms. The Morgan fingerprint density at radius 2 is 2.26 bits per heavy atom. The van der Waals surface area contributed by atoms with E-state index in [9.17, 15) is 9.90 Å². The van der Waals surface area contributed by atoms with E-state index in [1.165, 1.54) is 12.5 Å². The van der Waals surface area contributed by atoms with Crippen molar-refractivity contribution < 1.29 is 14.6 Å². The second-order valence-corrected chi connectivity index (χ2v) is 6.13. The van der Waals surface area contributed by atoms with Crippen molar-refractivity contribution in [2.24, 2.45) is 11.3 Å². The van der Waals surface area contributed by atoms with E-state index >= 15 is 0 Å². The normalized spacial score (nSPS) is 38.7. The highest BCUT2D eigenvalue weighted by atomic mass is 16.5. The van der Waals surface area contributed by atoms with Crippen LogP contribution >= 0.6 is 0 Å². The molecule has 106 valence electrons. The zero-order valence-electron chi connectivity index (χ0n) is 12.1. The summed E-state index contributed by atoms with van der Waals surface area (Å²) >= 11 is 0. The molecule has 2 aliphatic rings. The van der Waals surface area contributed by atoms with Crippen LogP contribution in [0, 0.1) is 11.3 Å². The molecule has 0 fully saturated rings. The first-order valence-electron chi connectivity index (χ1n) is 7.15. The van der Waals surface area contributed by atoms with Crippen LogP contribution in [0.25, 0.3) is 0 Å². The number of carbonyl (C=O) groups excluding carboxylic acids is 1. The van der Waals surface area contributed by atoms with Crippen molar-refractivity contribution in [3.8, 4) is 0 Å². The molecule has 3 nitrogen and oxygen atoms in total. The van der Waals surface area contributed by atoms with Gasteiger partial charge in [-0.2, -0.15) is 0 Å². The van der Waals surface area contributed by atoms with Gasteiger partial charge in [0.15, 0.2) is 0 Å². The third-order valence-electron chi connectivity index (χ3n) is 4.68. The van der Waals surface area contributed by atoms with Crippen molar-refractivity contribution in [3.63, 3.8) is 0 Å². The number of ether oxygens (including phenoxy) is 1. The minimum Gasteiger partial charge on any atom is -0.458 e. The molecular formula is C16H24O3. The van der Waals surface area contributed by atoms with E-state index in [2.05, 4.69) is 19.9 Å². The molecule has 0 saturated carbocycles. The van der Waals surface area contributed by atoms with E-state index in [0.29, 0.717) is 5.92 Å². The molecule has 2 rings (SSSR count). The zero-order chi connectivity index (χ0) is 14.0. The predicted octanol–water partition coefficient (Wildman–Crippen LogP) is 2.99. The van der Waals surface area contributed by atoms with Gasteiger partial charge in [-0.05, 0) is 43.1 Å². The molecule has 0 aromatic heterocycles. The monoisotopic (exact) mass is 264 g/mol. The van der Waals surface area contributed by atoms with E-state index in [4.69, 9.17) is 4.74 Å². The fourth-order valence-corrected chi connectivity index (χ4v) is 3.40. The Hall–Kier alpha value is -1.09. The van der Waals surface area contributed by atoms with Gasteiger partial charge in [-0.15, -0.1) is 0 Å². The number of hydrogen-bond acceptors (Lipinski definition) is 3. The number of fused-ring (bicyclic) bond motifs is 1. The summed E-state index contributed by atoms with van der Waals surface area (Å²) in [6.45, 7) is 5.89. The number of esters is 1. The van der Waals surface area contributed by atoms with Gasteiger partial charge in [0.1, 0.15) is 6.10 Å². The van der Waals surface area contributed by atoms with Crippen LogP contribution in [0.5, 0.6) is 0 Å². The standard InChI is InChI=1S/C16H24O3/c1-11-8-15(19-12(2)17)9-13-6-4-5-7-14(18)10-16(11,13)3/h5,7,9,11,14-15,18H,4,6,8,10H2,1-3H3. The van der Waals surface area contributed by atoms with Crippen LogP contribution in [-0.2, 0) is 9.53 Å². The Morgan fingerprint density at radius 3 is 2.95 bits per heavy atom. The first-order chi connectivity index (χ1) is 8.91. The molecule has 0 aromatic rings. The van der Waals surface area contributed by atoms with Crippen LogP contribution in [0.3, 0.4) is 0 Å². The van der Waals surface area contributed by atoms with Gasteiger partial charge in [-0.25, -0.2) is 0 Å². The fraction of sp³-hybridized carbons (Fsp3) is 0.688.